The van der Waals surface area contributed by atoms with Crippen molar-refractivity contribution in [3.63, 3.8) is 0 Å². The monoisotopic (exact) mass is 251 g/mol. The molecular formula is C12H17N3O3. The van der Waals surface area contributed by atoms with E-state index in [1.807, 2.05) is 6.92 Å². The lowest BCUT2D eigenvalue weighted by molar-refractivity contribution is -0.135. The highest BCUT2D eigenvalue weighted by Gasteiger charge is 2.27. The zero-order valence-electron chi connectivity index (χ0n) is 10.6. The molecule has 0 saturated heterocycles. The predicted octanol–water partition coefficient (Wildman–Crippen LogP) is 1.09. The van der Waals surface area contributed by atoms with Crippen molar-refractivity contribution in [2.75, 3.05) is 25.1 Å². The normalized spacial score (nSPS) is 14.3. The molecule has 1 aromatic heterocycles. The molecule has 2 rings (SSSR count). The van der Waals surface area contributed by atoms with E-state index in [-0.39, 0.29) is 6.54 Å². The first-order chi connectivity index (χ1) is 8.58. The van der Waals surface area contributed by atoms with E-state index in [4.69, 9.17) is 9.84 Å². The van der Waals surface area contributed by atoms with Crippen molar-refractivity contribution < 1.29 is 14.6 Å². The molecule has 0 unspecified atom stereocenters. The van der Waals surface area contributed by atoms with Gasteiger partial charge in [0.05, 0.1) is 7.11 Å². The molecule has 1 heterocycles. The molecule has 0 radical (unpaired) electrons. The van der Waals surface area contributed by atoms with Gasteiger partial charge >= 0.3 is 5.97 Å². The number of anilines is 1. The van der Waals surface area contributed by atoms with Crippen LogP contribution in [0, 0.1) is 12.8 Å². The molecule has 6 nitrogen and oxygen atoms in total. The molecule has 1 aliphatic rings. The zero-order chi connectivity index (χ0) is 13.1. The van der Waals surface area contributed by atoms with E-state index in [1.54, 1.807) is 11.0 Å². The lowest BCUT2D eigenvalue weighted by atomic mass is 10.3. The van der Waals surface area contributed by atoms with Crippen LogP contribution in [0.2, 0.25) is 0 Å². The van der Waals surface area contributed by atoms with Gasteiger partial charge in [-0.2, -0.15) is 4.98 Å². The fourth-order valence-electron chi connectivity index (χ4n) is 1.76. The molecule has 18 heavy (non-hydrogen) atoms. The summed E-state index contributed by atoms with van der Waals surface area (Å²) in [7, 11) is 1.54. The van der Waals surface area contributed by atoms with E-state index in [0.717, 1.165) is 18.5 Å². The second kappa shape index (κ2) is 5.20. The molecule has 6 heteroatoms. The molecule has 0 amide bonds. The lowest BCUT2D eigenvalue weighted by Gasteiger charge is -2.21. The smallest absolute Gasteiger partial charge is 0.323 e. The minimum absolute atomic E-state index is 0.0803. The van der Waals surface area contributed by atoms with E-state index in [9.17, 15) is 4.79 Å². The number of carboxylic acids is 1. The van der Waals surface area contributed by atoms with E-state index in [0.29, 0.717) is 24.3 Å². The van der Waals surface area contributed by atoms with Gasteiger partial charge in [-0.05, 0) is 25.7 Å². The van der Waals surface area contributed by atoms with Crippen LogP contribution in [0.15, 0.2) is 6.07 Å². The van der Waals surface area contributed by atoms with Crippen LogP contribution in [-0.2, 0) is 4.79 Å². The van der Waals surface area contributed by atoms with Gasteiger partial charge in [-0.25, -0.2) is 4.98 Å². The number of nitrogens with zero attached hydrogens (tertiary/aromatic N) is 3. The van der Waals surface area contributed by atoms with Crippen LogP contribution in [0.5, 0.6) is 5.88 Å². The van der Waals surface area contributed by atoms with Gasteiger partial charge in [0.25, 0.3) is 0 Å². The number of hydrogen-bond acceptors (Lipinski definition) is 5. The Morgan fingerprint density at radius 2 is 2.28 bits per heavy atom. The molecule has 98 valence electrons. The molecule has 1 N–H and O–H groups in total. The van der Waals surface area contributed by atoms with Crippen LogP contribution in [0.25, 0.3) is 0 Å². The first-order valence-corrected chi connectivity index (χ1v) is 5.95. The van der Waals surface area contributed by atoms with E-state index >= 15 is 0 Å². The minimum atomic E-state index is -0.875. The molecule has 0 bridgehead atoms. The molecule has 0 spiro atoms. The SMILES string of the molecule is COc1cc(C)nc(N(CC(=O)O)CC2CC2)n1. The second-order valence-corrected chi connectivity index (χ2v) is 4.57. The van der Waals surface area contributed by atoms with Crippen molar-refractivity contribution in [2.24, 2.45) is 5.92 Å². The van der Waals surface area contributed by atoms with Gasteiger partial charge in [-0.1, -0.05) is 0 Å². The molecule has 1 aliphatic carbocycles. The minimum Gasteiger partial charge on any atom is -0.481 e. The van der Waals surface area contributed by atoms with Crippen molar-refractivity contribution in [2.45, 2.75) is 19.8 Å². The fourth-order valence-corrected chi connectivity index (χ4v) is 1.76. The average molecular weight is 251 g/mol. The molecule has 1 fully saturated rings. The van der Waals surface area contributed by atoms with Gasteiger partial charge < -0.3 is 14.7 Å². The van der Waals surface area contributed by atoms with Crippen molar-refractivity contribution in [1.29, 1.82) is 0 Å². The predicted molar refractivity (Wildman–Crippen MR) is 65.9 cm³/mol. The zero-order valence-corrected chi connectivity index (χ0v) is 10.6. The van der Waals surface area contributed by atoms with Gasteiger partial charge in [-0.15, -0.1) is 0 Å². The number of methoxy groups -OCH3 is 1. The first kappa shape index (κ1) is 12.6. The van der Waals surface area contributed by atoms with Crippen LogP contribution in [0.1, 0.15) is 18.5 Å². The molecule has 0 aromatic carbocycles. The van der Waals surface area contributed by atoms with Crippen LogP contribution in [0.4, 0.5) is 5.95 Å². The Balaban J connectivity index is 2.21. The molecule has 1 aromatic rings. The summed E-state index contributed by atoms with van der Waals surface area (Å²) >= 11 is 0. The van der Waals surface area contributed by atoms with Crippen LogP contribution in [-0.4, -0.2) is 41.2 Å². The standard InChI is InChI=1S/C12H17N3O3/c1-8-5-10(18-2)14-12(13-8)15(7-11(16)17)6-9-3-4-9/h5,9H,3-4,6-7H2,1-2H3,(H,16,17). The number of hydrogen-bond donors (Lipinski definition) is 1. The lowest BCUT2D eigenvalue weighted by Crippen LogP contribution is -2.33. The summed E-state index contributed by atoms with van der Waals surface area (Å²) in [5.41, 5.74) is 0.767. The number of ether oxygens (including phenoxy) is 1. The number of aryl methyl sites for hydroxylation is 1. The quantitative estimate of drug-likeness (QED) is 0.815. The largest absolute Gasteiger partial charge is 0.481 e. The van der Waals surface area contributed by atoms with Crippen molar-refractivity contribution >= 4 is 11.9 Å². The second-order valence-electron chi connectivity index (χ2n) is 4.57. The summed E-state index contributed by atoms with van der Waals surface area (Å²) < 4.78 is 5.09. The third kappa shape index (κ3) is 3.32. The maximum atomic E-state index is 10.9. The highest BCUT2D eigenvalue weighted by Crippen LogP contribution is 2.30. The Hall–Kier alpha value is -1.85. The Morgan fingerprint density at radius 1 is 1.56 bits per heavy atom. The van der Waals surface area contributed by atoms with Gasteiger partial charge in [0.2, 0.25) is 11.8 Å². The maximum Gasteiger partial charge on any atom is 0.323 e. The van der Waals surface area contributed by atoms with Crippen LogP contribution >= 0.6 is 0 Å². The summed E-state index contributed by atoms with van der Waals surface area (Å²) in [6.07, 6.45) is 2.30. The Morgan fingerprint density at radius 3 is 2.83 bits per heavy atom. The van der Waals surface area contributed by atoms with Crippen LogP contribution < -0.4 is 9.64 Å². The van der Waals surface area contributed by atoms with Crippen molar-refractivity contribution in [3.05, 3.63) is 11.8 Å². The Kier molecular flexibility index (Phi) is 3.64. The topological polar surface area (TPSA) is 75.5 Å². The Labute approximate surface area is 106 Å². The van der Waals surface area contributed by atoms with Gasteiger partial charge in [-0.3, -0.25) is 4.79 Å². The highest BCUT2D eigenvalue weighted by atomic mass is 16.5. The third-order valence-electron chi connectivity index (χ3n) is 2.81. The summed E-state index contributed by atoms with van der Waals surface area (Å²) in [6, 6.07) is 1.72. The summed E-state index contributed by atoms with van der Waals surface area (Å²) in [4.78, 5) is 21.1. The first-order valence-electron chi connectivity index (χ1n) is 5.95. The van der Waals surface area contributed by atoms with E-state index in [1.165, 1.54) is 7.11 Å². The number of carbonyl (C=O) groups is 1. The van der Waals surface area contributed by atoms with Crippen molar-refractivity contribution in [1.82, 2.24) is 9.97 Å². The molecule has 0 aliphatic heterocycles. The Bertz CT molecular complexity index is 446. The molecule has 0 atom stereocenters. The number of aliphatic carboxylic acids is 1. The van der Waals surface area contributed by atoms with Gasteiger partial charge in [0.1, 0.15) is 6.54 Å². The van der Waals surface area contributed by atoms with E-state index in [2.05, 4.69) is 9.97 Å². The average Bonchev–Trinajstić information content (AvgIpc) is 3.10. The van der Waals surface area contributed by atoms with Crippen molar-refractivity contribution in [3.8, 4) is 5.88 Å². The van der Waals surface area contributed by atoms with E-state index < -0.39 is 5.97 Å². The van der Waals surface area contributed by atoms with Gasteiger partial charge in [0.15, 0.2) is 0 Å². The molecule has 1 saturated carbocycles. The number of rotatable bonds is 6. The summed E-state index contributed by atoms with van der Waals surface area (Å²) in [5.74, 6) is 0.587. The van der Waals surface area contributed by atoms with Gasteiger partial charge in [0, 0.05) is 18.3 Å². The summed E-state index contributed by atoms with van der Waals surface area (Å²) in [6.45, 7) is 2.45. The summed E-state index contributed by atoms with van der Waals surface area (Å²) in [5, 5.41) is 8.95. The van der Waals surface area contributed by atoms with Crippen LogP contribution in [0.3, 0.4) is 0 Å². The third-order valence-corrected chi connectivity index (χ3v) is 2.81. The maximum absolute atomic E-state index is 10.9. The molecular weight excluding hydrogens is 234 g/mol. The fraction of sp³-hybridized carbons (Fsp3) is 0.583. The number of carboxylic acid groups (broad SMARTS) is 1. The highest BCUT2D eigenvalue weighted by molar-refractivity contribution is 5.72. The number of aromatic nitrogens is 2.